The zero-order valence-corrected chi connectivity index (χ0v) is 21.2. The van der Waals surface area contributed by atoms with E-state index in [0.717, 1.165) is 27.0 Å². The van der Waals surface area contributed by atoms with E-state index in [-0.39, 0.29) is 18.6 Å². The van der Waals surface area contributed by atoms with Gasteiger partial charge in [-0.2, -0.15) is 0 Å². The Morgan fingerprint density at radius 1 is 1.11 bits per heavy atom. The molecule has 0 saturated carbocycles. The second-order valence-electron chi connectivity index (χ2n) is 8.73. The van der Waals surface area contributed by atoms with Crippen molar-refractivity contribution in [1.29, 1.82) is 0 Å². The molecule has 4 aromatic rings. The van der Waals surface area contributed by atoms with Gasteiger partial charge in [0.05, 0.1) is 26.7 Å². The van der Waals surface area contributed by atoms with Crippen LogP contribution in [0.5, 0.6) is 17.2 Å². The molecular formula is C28H27NO6S. The highest BCUT2D eigenvalue weighted by Crippen LogP contribution is 2.39. The highest BCUT2D eigenvalue weighted by atomic mass is 32.1. The topological polar surface area (TPSA) is 78.2 Å². The number of nitrogens with zero attached hydrogens (tertiary/aromatic N) is 1. The third-order valence-corrected chi connectivity index (χ3v) is 7.44. The minimum atomic E-state index is -0.398. The SMILES string of the molecule is COc1cc2c(cc1OC)[C@@H](COc1ccc3c(C)cc(=O)oc3c1)N(C(=O)Cc1cccs1)CC2. The van der Waals surface area contributed by atoms with Gasteiger partial charge in [0.2, 0.25) is 5.91 Å². The molecule has 0 fully saturated rings. The van der Waals surface area contributed by atoms with E-state index in [1.807, 2.05) is 53.6 Å². The smallest absolute Gasteiger partial charge is 0.336 e. The molecule has 1 atom stereocenters. The quantitative estimate of drug-likeness (QED) is 0.332. The number of rotatable bonds is 7. The third kappa shape index (κ3) is 4.68. The third-order valence-electron chi connectivity index (χ3n) is 6.56. The van der Waals surface area contributed by atoms with E-state index in [9.17, 15) is 9.59 Å². The summed E-state index contributed by atoms with van der Waals surface area (Å²) in [5.41, 5.74) is 2.99. The normalized spacial score (nSPS) is 15.0. The van der Waals surface area contributed by atoms with Crippen molar-refractivity contribution in [2.75, 3.05) is 27.4 Å². The number of fused-ring (bicyclic) bond motifs is 2. The van der Waals surface area contributed by atoms with Crippen LogP contribution in [-0.2, 0) is 17.6 Å². The standard InChI is InChI=1S/C28H27NO6S/c1-17-11-28(31)35-24-13-19(6-7-21(17)24)34-16-23-22-15-26(33-3)25(32-2)12-18(22)8-9-29(23)27(30)14-20-5-4-10-36-20/h4-7,10-13,15,23H,8-9,14,16H2,1-3H3/t23-/m1/s1. The van der Waals surface area contributed by atoms with Crippen molar-refractivity contribution in [3.8, 4) is 17.2 Å². The molecule has 7 nitrogen and oxygen atoms in total. The van der Waals surface area contributed by atoms with E-state index in [0.29, 0.717) is 42.2 Å². The van der Waals surface area contributed by atoms with Gasteiger partial charge in [0, 0.05) is 28.9 Å². The van der Waals surface area contributed by atoms with Crippen LogP contribution in [0.2, 0.25) is 0 Å². The number of carbonyl (C=O) groups is 1. The molecule has 2 aromatic carbocycles. The van der Waals surface area contributed by atoms with Crippen molar-refractivity contribution in [2.45, 2.75) is 25.8 Å². The average molecular weight is 506 g/mol. The minimum absolute atomic E-state index is 0.0478. The maximum Gasteiger partial charge on any atom is 0.336 e. The van der Waals surface area contributed by atoms with E-state index in [1.165, 1.54) is 6.07 Å². The Morgan fingerprint density at radius 2 is 1.92 bits per heavy atom. The molecule has 1 aliphatic rings. The number of methoxy groups -OCH3 is 2. The summed E-state index contributed by atoms with van der Waals surface area (Å²) >= 11 is 1.58. The van der Waals surface area contributed by atoms with Gasteiger partial charge < -0.3 is 23.5 Å². The fourth-order valence-corrected chi connectivity index (χ4v) is 5.44. The molecule has 0 radical (unpaired) electrons. The molecule has 8 heteroatoms. The molecule has 0 saturated heterocycles. The first-order chi connectivity index (χ1) is 17.5. The van der Waals surface area contributed by atoms with E-state index in [1.54, 1.807) is 31.6 Å². The number of benzene rings is 2. The van der Waals surface area contributed by atoms with Gasteiger partial charge in [-0.25, -0.2) is 4.79 Å². The summed E-state index contributed by atoms with van der Waals surface area (Å²) in [5.74, 6) is 1.88. The van der Waals surface area contributed by atoms with Crippen LogP contribution in [0.1, 0.15) is 27.6 Å². The van der Waals surface area contributed by atoms with Crippen LogP contribution < -0.4 is 19.8 Å². The summed E-state index contributed by atoms with van der Waals surface area (Å²) in [5, 5.41) is 2.83. The van der Waals surface area contributed by atoms with Gasteiger partial charge in [-0.3, -0.25) is 4.79 Å². The predicted molar refractivity (Wildman–Crippen MR) is 138 cm³/mol. The lowest BCUT2D eigenvalue weighted by atomic mass is 9.91. The maximum absolute atomic E-state index is 13.4. The Morgan fingerprint density at radius 3 is 2.67 bits per heavy atom. The van der Waals surface area contributed by atoms with Crippen LogP contribution in [0.25, 0.3) is 11.0 Å². The van der Waals surface area contributed by atoms with Crippen molar-refractivity contribution in [3.05, 3.63) is 85.9 Å². The lowest BCUT2D eigenvalue weighted by Crippen LogP contribution is -2.43. The first-order valence-electron chi connectivity index (χ1n) is 11.7. The van der Waals surface area contributed by atoms with Crippen LogP contribution in [0.4, 0.5) is 0 Å². The molecule has 0 unspecified atom stereocenters. The minimum Gasteiger partial charge on any atom is -0.493 e. The Bertz CT molecular complexity index is 1460. The van der Waals surface area contributed by atoms with Crippen molar-refractivity contribution in [2.24, 2.45) is 0 Å². The van der Waals surface area contributed by atoms with Gasteiger partial charge in [-0.1, -0.05) is 6.07 Å². The maximum atomic E-state index is 13.4. The highest BCUT2D eigenvalue weighted by molar-refractivity contribution is 7.10. The fraction of sp³-hybridized carbons (Fsp3) is 0.286. The number of carbonyl (C=O) groups excluding carboxylic acids is 1. The van der Waals surface area contributed by atoms with Crippen molar-refractivity contribution >= 4 is 28.2 Å². The molecule has 5 rings (SSSR count). The molecule has 1 amide bonds. The summed E-state index contributed by atoms with van der Waals surface area (Å²) in [6, 6.07) is 14.5. The van der Waals surface area contributed by atoms with Crippen LogP contribution in [0, 0.1) is 6.92 Å². The Labute approximate surface area is 212 Å². The lowest BCUT2D eigenvalue weighted by molar-refractivity contribution is -0.134. The van der Waals surface area contributed by atoms with Gasteiger partial charge in [-0.15, -0.1) is 11.3 Å². The van der Waals surface area contributed by atoms with Gasteiger partial charge in [-0.05, 0) is 65.7 Å². The van der Waals surface area contributed by atoms with Crippen LogP contribution >= 0.6 is 11.3 Å². The summed E-state index contributed by atoms with van der Waals surface area (Å²) in [4.78, 5) is 28.2. The van der Waals surface area contributed by atoms with E-state index < -0.39 is 5.63 Å². The lowest BCUT2D eigenvalue weighted by Gasteiger charge is -2.37. The van der Waals surface area contributed by atoms with Crippen molar-refractivity contribution in [1.82, 2.24) is 4.90 Å². The molecular weight excluding hydrogens is 478 g/mol. The first kappa shape index (κ1) is 23.9. The van der Waals surface area contributed by atoms with Gasteiger partial charge in [0.25, 0.3) is 0 Å². The van der Waals surface area contributed by atoms with Gasteiger partial charge in [0.1, 0.15) is 17.9 Å². The monoisotopic (exact) mass is 505 g/mol. The first-order valence-corrected chi connectivity index (χ1v) is 12.6. The molecule has 3 heterocycles. The Balaban J connectivity index is 1.47. The Kier molecular flexibility index (Phi) is 6.69. The molecule has 0 N–H and O–H groups in total. The van der Waals surface area contributed by atoms with Crippen molar-refractivity contribution in [3.63, 3.8) is 0 Å². The van der Waals surface area contributed by atoms with Crippen LogP contribution in [0.3, 0.4) is 0 Å². The predicted octanol–water partition coefficient (Wildman–Crippen LogP) is 4.93. The molecule has 36 heavy (non-hydrogen) atoms. The fourth-order valence-electron chi connectivity index (χ4n) is 4.74. The second-order valence-corrected chi connectivity index (χ2v) is 9.76. The van der Waals surface area contributed by atoms with Crippen LogP contribution in [0.15, 0.2) is 63.1 Å². The average Bonchev–Trinajstić information content (AvgIpc) is 3.38. The zero-order chi connectivity index (χ0) is 25.2. The number of thiophene rings is 1. The summed E-state index contributed by atoms with van der Waals surface area (Å²) < 4.78 is 22.6. The summed E-state index contributed by atoms with van der Waals surface area (Å²) in [6.07, 6.45) is 1.06. The summed E-state index contributed by atoms with van der Waals surface area (Å²) in [7, 11) is 3.22. The zero-order valence-electron chi connectivity index (χ0n) is 20.4. The molecule has 2 aromatic heterocycles. The van der Waals surface area contributed by atoms with Gasteiger partial charge in [0.15, 0.2) is 11.5 Å². The molecule has 186 valence electrons. The largest absolute Gasteiger partial charge is 0.493 e. The van der Waals surface area contributed by atoms with Crippen molar-refractivity contribution < 1.29 is 23.4 Å². The molecule has 0 spiro atoms. The Hall–Kier alpha value is -3.78. The van der Waals surface area contributed by atoms with Crippen LogP contribution in [-0.4, -0.2) is 38.2 Å². The van der Waals surface area contributed by atoms with Gasteiger partial charge >= 0.3 is 5.63 Å². The number of aryl methyl sites for hydroxylation is 1. The van der Waals surface area contributed by atoms with E-state index in [4.69, 9.17) is 18.6 Å². The number of hydrogen-bond donors (Lipinski definition) is 0. The summed E-state index contributed by atoms with van der Waals surface area (Å²) in [6.45, 7) is 2.68. The highest BCUT2D eigenvalue weighted by Gasteiger charge is 2.33. The molecule has 0 bridgehead atoms. The second kappa shape index (κ2) is 10.1. The number of hydrogen-bond acceptors (Lipinski definition) is 7. The number of amides is 1. The number of ether oxygens (including phenoxy) is 3. The van der Waals surface area contributed by atoms with E-state index in [2.05, 4.69) is 0 Å². The van der Waals surface area contributed by atoms with E-state index >= 15 is 0 Å². The molecule has 0 aliphatic carbocycles. The molecule has 1 aliphatic heterocycles.